The summed E-state index contributed by atoms with van der Waals surface area (Å²) in [5.41, 5.74) is 4.95. The SMILES string of the molecule is O=C(CN1Cc2ccccc2OC(c2ccccc2)C1)NC1Cc2ccccc2C1. The first-order chi connectivity index (χ1) is 14.7. The molecule has 0 spiro atoms. The van der Waals surface area contributed by atoms with Gasteiger partial charge in [0, 0.05) is 24.7 Å². The van der Waals surface area contributed by atoms with E-state index in [-0.39, 0.29) is 18.1 Å². The number of nitrogens with zero attached hydrogens (tertiary/aromatic N) is 1. The number of ether oxygens (including phenoxy) is 1. The molecule has 1 unspecified atom stereocenters. The molecular weight excluding hydrogens is 372 g/mol. The summed E-state index contributed by atoms with van der Waals surface area (Å²) < 4.78 is 6.36. The van der Waals surface area contributed by atoms with Gasteiger partial charge in [0.25, 0.3) is 0 Å². The molecular formula is C26H26N2O2. The van der Waals surface area contributed by atoms with E-state index < -0.39 is 0 Å². The first-order valence-electron chi connectivity index (χ1n) is 10.6. The topological polar surface area (TPSA) is 41.6 Å². The first kappa shape index (κ1) is 18.9. The zero-order valence-corrected chi connectivity index (χ0v) is 17.0. The molecule has 1 amide bonds. The summed E-state index contributed by atoms with van der Waals surface area (Å²) in [5.74, 6) is 0.986. The van der Waals surface area contributed by atoms with E-state index in [1.165, 1.54) is 11.1 Å². The number of benzene rings is 3. The maximum atomic E-state index is 12.9. The lowest BCUT2D eigenvalue weighted by Crippen LogP contribution is -2.43. The third-order valence-electron chi connectivity index (χ3n) is 6.01. The molecule has 30 heavy (non-hydrogen) atoms. The molecule has 0 bridgehead atoms. The minimum absolute atomic E-state index is 0.0824. The highest BCUT2D eigenvalue weighted by atomic mass is 16.5. The van der Waals surface area contributed by atoms with Gasteiger partial charge in [0.15, 0.2) is 0 Å². The van der Waals surface area contributed by atoms with E-state index in [0.29, 0.717) is 19.6 Å². The van der Waals surface area contributed by atoms with Crippen LogP contribution in [0.1, 0.15) is 28.4 Å². The molecule has 0 radical (unpaired) electrons. The predicted molar refractivity (Wildman–Crippen MR) is 117 cm³/mol. The van der Waals surface area contributed by atoms with Gasteiger partial charge < -0.3 is 10.1 Å². The quantitative estimate of drug-likeness (QED) is 0.725. The summed E-state index contributed by atoms with van der Waals surface area (Å²) >= 11 is 0. The van der Waals surface area contributed by atoms with E-state index in [2.05, 4.69) is 52.7 Å². The van der Waals surface area contributed by atoms with Gasteiger partial charge in [0.2, 0.25) is 5.91 Å². The molecule has 5 rings (SSSR count). The number of fused-ring (bicyclic) bond motifs is 2. The van der Waals surface area contributed by atoms with Crippen LogP contribution in [0.15, 0.2) is 78.9 Å². The molecule has 3 aromatic rings. The molecule has 1 heterocycles. The van der Waals surface area contributed by atoms with E-state index in [1.54, 1.807) is 0 Å². The molecule has 4 heteroatoms. The van der Waals surface area contributed by atoms with E-state index in [9.17, 15) is 4.79 Å². The third kappa shape index (κ3) is 4.10. The van der Waals surface area contributed by atoms with Gasteiger partial charge in [-0.05, 0) is 35.6 Å². The average Bonchev–Trinajstić information content (AvgIpc) is 3.07. The Bertz CT molecular complexity index is 1010. The van der Waals surface area contributed by atoms with Gasteiger partial charge in [-0.15, -0.1) is 0 Å². The van der Waals surface area contributed by atoms with Crippen LogP contribution in [0.3, 0.4) is 0 Å². The lowest BCUT2D eigenvalue weighted by molar-refractivity contribution is -0.123. The maximum absolute atomic E-state index is 12.9. The predicted octanol–water partition coefficient (Wildman–Crippen LogP) is 3.91. The fourth-order valence-corrected chi connectivity index (χ4v) is 4.58. The normalized spacial score (nSPS) is 18.7. The summed E-state index contributed by atoms with van der Waals surface area (Å²) in [5, 5.41) is 3.25. The van der Waals surface area contributed by atoms with Crippen molar-refractivity contribution in [1.29, 1.82) is 0 Å². The summed E-state index contributed by atoms with van der Waals surface area (Å²) in [6, 6.07) is 27.0. The number of para-hydroxylation sites is 1. The molecule has 1 N–H and O–H groups in total. The van der Waals surface area contributed by atoms with Crippen molar-refractivity contribution in [1.82, 2.24) is 10.2 Å². The number of hydrogen-bond donors (Lipinski definition) is 1. The summed E-state index contributed by atoms with van der Waals surface area (Å²) in [6.07, 6.45) is 1.74. The van der Waals surface area contributed by atoms with E-state index in [0.717, 1.165) is 29.7 Å². The van der Waals surface area contributed by atoms with Gasteiger partial charge in [-0.25, -0.2) is 0 Å². The highest BCUT2D eigenvalue weighted by Crippen LogP contribution is 2.31. The van der Waals surface area contributed by atoms with Crippen LogP contribution in [0, 0.1) is 0 Å². The Morgan fingerprint density at radius 2 is 1.50 bits per heavy atom. The van der Waals surface area contributed by atoms with E-state index in [1.807, 2.05) is 36.4 Å². The lowest BCUT2D eigenvalue weighted by atomic mass is 10.1. The Morgan fingerprint density at radius 1 is 0.867 bits per heavy atom. The fourth-order valence-electron chi connectivity index (χ4n) is 4.58. The van der Waals surface area contributed by atoms with Crippen LogP contribution in [0.5, 0.6) is 5.75 Å². The maximum Gasteiger partial charge on any atom is 0.234 e. The molecule has 0 fully saturated rings. The molecule has 2 aliphatic rings. The van der Waals surface area contributed by atoms with Crippen LogP contribution in [0.2, 0.25) is 0 Å². The van der Waals surface area contributed by atoms with Crippen molar-refractivity contribution in [3.8, 4) is 5.75 Å². The molecule has 3 aromatic carbocycles. The van der Waals surface area contributed by atoms with Gasteiger partial charge in [0.05, 0.1) is 6.54 Å². The highest BCUT2D eigenvalue weighted by Gasteiger charge is 2.27. The van der Waals surface area contributed by atoms with Crippen molar-refractivity contribution in [3.63, 3.8) is 0 Å². The Morgan fingerprint density at radius 3 is 2.23 bits per heavy atom. The minimum Gasteiger partial charge on any atom is -0.484 e. The molecule has 0 saturated heterocycles. The molecule has 1 aliphatic heterocycles. The summed E-state index contributed by atoms with van der Waals surface area (Å²) in [7, 11) is 0. The fraction of sp³-hybridized carbons (Fsp3) is 0.269. The zero-order chi connectivity index (χ0) is 20.3. The van der Waals surface area contributed by atoms with Crippen molar-refractivity contribution in [2.45, 2.75) is 31.5 Å². The molecule has 0 aromatic heterocycles. The summed E-state index contributed by atoms with van der Waals surface area (Å²) in [6.45, 7) is 1.75. The van der Waals surface area contributed by atoms with E-state index >= 15 is 0 Å². The molecule has 1 atom stereocenters. The largest absolute Gasteiger partial charge is 0.484 e. The van der Waals surface area contributed by atoms with Crippen LogP contribution in [-0.2, 0) is 24.2 Å². The van der Waals surface area contributed by atoms with Crippen LogP contribution >= 0.6 is 0 Å². The highest BCUT2D eigenvalue weighted by molar-refractivity contribution is 5.78. The second-order valence-corrected chi connectivity index (χ2v) is 8.24. The second kappa shape index (κ2) is 8.33. The smallest absolute Gasteiger partial charge is 0.234 e. The van der Waals surface area contributed by atoms with Crippen LogP contribution < -0.4 is 10.1 Å². The number of carbonyl (C=O) groups excluding carboxylic acids is 1. The van der Waals surface area contributed by atoms with Crippen LogP contribution in [0.4, 0.5) is 0 Å². The van der Waals surface area contributed by atoms with Gasteiger partial charge in [-0.1, -0.05) is 72.8 Å². The number of rotatable bonds is 4. The monoisotopic (exact) mass is 398 g/mol. The number of carbonyl (C=O) groups is 1. The van der Waals surface area contributed by atoms with Crippen molar-refractivity contribution < 1.29 is 9.53 Å². The molecule has 0 saturated carbocycles. The van der Waals surface area contributed by atoms with Gasteiger partial charge in [-0.3, -0.25) is 9.69 Å². The standard InChI is InChI=1S/C26H26N2O2/c29-26(27-23-14-20-10-4-5-11-21(20)15-23)18-28-16-22-12-6-7-13-24(22)30-25(17-28)19-8-2-1-3-9-19/h1-13,23,25H,14-18H2,(H,27,29). The minimum atomic E-state index is -0.0987. The first-order valence-corrected chi connectivity index (χ1v) is 10.6. The molecule has 152 valence electrons. The zero-order valence-electron chi connectivity index (χ0n) is 17.0. The Labute approximate surface area is 177 Å². The second-order valence-electron chi connectivity index (χ2n) is 8.24. The summed E-state index contributed by atoms with van der Waals surface area (Å²) in [4.78, 5) is 15.1. The number of nitrogens with one attached hydrogen (secondary N) is 1. The number of amides is 1. The lowest BCUT2D eigenvalue weighted by Gasteiger charge is -2.24. The van der Waals surface area contributed by atoms with Crippen LogP contribution in [-0.4, -0.2) is 29.9 Å². The van der Waals surface area contributed by atoms with Crippen molar-refractivity contribution >= 4 is 5.91 Å². The Balaban J connectivity index is 1.29. The molecule has 4 nitrogen and oxygen atoms in total. The Hall–Kier alpha value is -3.11. The Kier molecular flexibility index (Phi) is 5.24. The van der Waals surface area contributed by atoms with Gasteiger partial charge in [0.1, 0.15) is 11.9 Å². The van der Waals surface area contributed by atoms with Gasteiger partial charge >= 0.3 is 0 Å². The van der Waals surface area contributed by atoms with Crippen molar-refractivity contribution in [2.24, 2.45) is 0 Å². The number of hydrogen-bond acceptors (Lipinski definition) is 3. The van der Waals surface area contributed by atoms with Crippen LogP contribution in [0.25, 0.3) is 0 Å². The third-order valence-corrected chi connectivity index (χ3v) is 6.01. The van der Waals surface area contributed by atoms with E-state index in [4.69, 9.17) is 4.74 Å². The average molecular weight is 399 g/mol. The van der Waals surface area contributed by atoms with Crippen molar-refractivity contribution in [2.75, 3.05) is 13.1 Å². The molecule has 1 aliphatic carbocycles. The van der Waals surface area contributed by atoms with Crippen molar-refractivity contribution in [3.05, 3.63) is 101 Å². The van der Waals surface area contributed by atoms with Gasteiger partial charge in [-0.2, -0.15) is 0 Å².